The number of nitrogens with zero attached hydrogens (tertiary/aromatic N) is 2. The number of amides is 1. The van der Waals surface area contributed by atoms with E-state index in [2.05, 4.69) is 10.2 Å². The van der Waals surface area contributed by atoms with Gasteiger partial charge in [-0.15, -0.1) is 0 Å². The van der Waals surface area contributed by atoms with Gasteiger partial charge in [-0.3, -0.25) is 14.1 Å². The number of morpholine rings is 1. The Balaban J connectivity index is 1.78. The van der Waals surface area contributed by atoms with Crippen LogP contribution in [-0.4, -0.2) is 51.5 Å². The van der Waals surface area contributed by atoms with Crippen molar-refractivity contribution in [2.45, 2.75) is 17.6 Å². The number of carbonyl (C=O) groups excluding carboxylic acids is 1. The number of fused-ring (bicyclic) bond motifs is 3. The van der Waals surface area contributed by atoms with Gasteiger partial charge in [0.1, 0.15) is 5.69 Å². The minimum atomic E-state index is -1.15. The summed E-state index contributed by atoms with van der Waals surface area (Å²) >= 11 is 0. The maximum atomic E-state index is 12.7. The van der Waals surface area contributed by atoms with Crippen molar-refractivity contribution in [3.05, 3.63) is 35.0 Å². The number of aromatic nitrogens is 2. The van der Waals surface area contributed by atoms with Gasteiger partial charge in [0, 0.05) is 24.2 Å². The molecule has 2 aliphatic heterocycles. The van der Waals surface area contributed by atoms with Crippen LogP contribution in [0.2, 0.25) is 0 Å². The lowest BCUT2D eigenvalue weighted by Crippen LogP contribution is -2.41. The van der Waals surface area contributed by atoms with Crippen LogP contribution in [0.5, 0.6) is 0 Å². The first-order chi connectivity index (χ1) is 11.2. The molecular formula is C16H17N3O3S. The monoisotopic (exact) mass is 331 g/mol. The van der Waals surface area contributed by atoms with E-state index in [1.807, 2.05) is 25.1 Å². The molecule has 2 aromatic rings. The van der Waals surface area contributed by atoms with Crippen LogP contribution in [0.25, 0.3) is 11.3 Å². The zero-order valence-corrected chi connectivity index (χ0v) is 13.6. The maximum absolute atomic E-state index is 12.7. The van der Waals surface area contributed by atoms with Gasteiger partial charge < -0.3 is 9.64 Å². The van der Waals surface area contributed by atoms with E-state index in [1.54, 1.807) is 4.90 Å². The van der Waals surface area contributed by atoms with Gasteiger partial charge in [-0.1, -0.05) is 18.2 Å². The molecule has 3 heterocycles. The zero-order valence-electron chi connectivity index (χ0n) is 12.8. The van der Waals surface area contributed by atoms with E-state index in [1.165, 1.54) is 0 Å². The van der Waals surface area contributed by atoms with Crippen molar-refractivity contribution in [2.24, 2.45) is 0 Å². The Morgan fingerprint density at radius 2 is 2.13 bits per heavy atom. The van der Waals surface area contributed by atoms with Gasteiger partial charge >= 0.3 is 0 Å². The molecule has 7 heteroatoms. The van der Waals surface area contributed by atoms with E-state index in [0.29, 0.717) is 37.8 Å². The SMILES string of the molecule is Cc1cccc2c1S(=O)Cc1c-2n[nH]c1C(=O)N1CCOCC1. The molecule has 0 saturated carbocycles. The van der Waals surface area contributed by atoms with Crippen LogP contribution in [0.4, 0.5) is 0 Å². The fraction of sp³-hybridized carbons (Fsp3) is 0.375. The van der Waals surface area contributed by atoms with Crippen molar-refractivity contribution >= 4 is 16.7 Å². The number of aryl methyl sites for hydroxylation is 1. The number of hydrogen-bond acceptors (Lipinski definition) is 4. The van der Waals surface area contributed by atoms with Gasteiger partial charge in [-0.05, 0) is 12.5 Å². The molecule has 1 fully saturated rings. The molecule has 1 aromatic heterocycles. The van der Waals surface area contributed by atoms with Crippen molar-refractivity contribution in [2.75, 3.05) is 26.3 Å². The van der Waals surface area contributed by atoms with Crippen molar-refractivity contribution in [1.82, 2.24) is 15.1 Å². The molecular weight excluding hydrogens is 314 g/mol. The second-order valence-corrected chi connectivity index (χ2v) is 7.16. The first-order valence-corrected chi connectivity index (χ1v) is 8.91. The van der Waals surface area contributed by atoms with Gasteiger partial charge in [0.05, 0.1) is 40.4 Å². The van der Waals surface area contributed by atoms with Crippen LogP contribution in [0.1, 0.15) is 21.6 Å². The number of rotatable bonds is 1. The highest BCUT2D eigenvalue weighted by atomic mass is 32.2. The summed E-state index contributed by atoms with van der Waals surface area (Å²) in [6.45, 7) is 4.21. The third-order valence-electron chi connectivity index (χ3n) is 4.35. The Labute approximate surface area is 136 Å². The van der Waals surface area contributed by atoms with Crippen LogP contribution < -0.4 is 0 Å². The van der Waals surface area contributed by atoms with Crippen LogP contribution >= 0.6 is 0 Å². The van der Waals surface area contributed by atoms with Crippen molar-refractivity contribution in [3.8, 4) is 11.3 Å². The number of hydrogen-bond donors (Lipinski definition) is 1. The second-order valence-electron chi connectivity index (χ2n) is 5.77. The summed E-state index contributed by atoms with van der Waals surface area (Å²) in [6.07, 6.45) is 0. The average molecular weight is 331 g/mol. The number of carbonyl (C=O) groups is 1. The molecule has 6 nitrogen and oxygen atoms in total. The molecule has 1 N–H and O–H groups in total. The molecule has 2 aliphatic rings. The first kappa shape index (κ1) is 14.6. The van der Waals surface area contributed by atoms with Gasteiger partial charge in [0.15, 0.2) is 0 Å². The molecule has 1 saturated heterocycles. The Bertz CT molecular complexity index is 809. The van der Waals surface area contributed by atoms with Gasteiger partial charge in [0.25, 0.3) is 5.91 Å². The van der Waals surface area contributed by atoms with Crippen molar-refractivity contribution in [3.63, 3.8) is 0 Å². The molecule has 1 unspecified atom stereocenters. The van der Waals surface area contributed by atoms with E-state index < -0.39 is 10.8 Å². The van der Waals surface area contributed by atoms with Crippen LogP contribution in [0, 0.1) is 6.92 Å². The van der Waals surface area contributed by atoms with Gasteiger partial charge in [0.2, 0.25) is 0 Å². The third-order valence-corrected chi connectivity index (χ3v) is 5.90. The molecule has 0 spiro atoms. The molecule has 0 radical (unpaired) electrons. The van der Waals surface area contributed by atoms with Crippen LogP contribution in [0.15, 0.2) is 23.1 Å². The molecule has 23 heavy (non-hydrogen) atoms. The third kappa shape index (κ3) is 2.31. The predicted molar refractivity (Wildman–Crippen MR) is 85.6 cm³/mol. The average Bonchev–Trinajstić information content (AvgIpc) is 2.99. The number of aromatic amines is 1. The summed E-state index contributed by atoms with van der Waals surface area (Å²) in [7, 11) is -1.15. The standard InChI is InChI=1S/C16H17N3O3S/c1-10-3-2-4-11-13-12(9-23(21)15(10)11)14(18-17-13)16(20)19-5-7-22-8-6-19/h2-4H,5-9H2,1H3,(H,17,18). The van der Waals surface area contributed by atoms with E-state index >= 15 is 0 Å². The quantitative estimate of drug-likeness (QED) is 0.859. The lowest BCUT2D eigenvalue weighted by Gasteiger charge is -2.27. The lowest BCUT2D eigenvalue weighted by atomic mass is 10.0. The summed E-state index contributed by atoms with van der Waals surface area (Å²) in [4.78, 5) is 15.3. The number of nitrogens with one attached hydrogen (secondary N) is 1. The Morgan fingerprint density at radius 3 is 2.91 bits per heavy atom. The molecule has 0 aliphatic carbocycles. The number of H-pyrrole nitrogens is 1. The molecule has 120 valence electrons. The highest BCUT2D eigenvalue weighted by Gasteiger charge is 2.31. The fourth-order valence-electron chi connectivity index (χ4n) is 3.17. The maximum Gasteiger partial charge on any atom is 0.272 e. The minimum Gasteiger partial charge on any atom is -0.378 e. The van der Waals surface area contributed by atoms with Crippen molar-refractivity contribution < 1.29 is 13.7 Å². The van der Waals surface area contributed by atoms with E-state index in [4.69, 9.17) is 4.74 Å². The zero-order chi connectivity index (χ0) is 16.0. The van der Waals surface area contributed by atoms with E-state index in [9.17, 15) is 9.00 Å². The summed E-state index contributed by atoms with van der Waals surface area (Å²) in [5, 5.41) is 7.23. The Hall–Kier alpha value is -1.99. The Kier molecular flexibility index (Phi) is 3.54. The highest BCUT2D eigenvalue weighted by molar-refractivity contribution is 7.84. The normalized spacial score (nSPS) is 20.0. The highest BCUT2D eigenvalue weighted by Crippen LogP contribution is 2.37. The van der Waals surface area contributed by atoms with E-state index in [-0.39, 0.29) is 5.91 Å². The second kappa shape index (κ2) is 5.58. The van der Waals surface area contributed by atoms with Gasteiger partial charge in [-0.25, -0.2) is 0 Å². The fourth-order valence-corrected chi connectivity index (χ4v) is 4.70. The molecule has 1 amide bonds. The van der Waals surface area contributed by atoms with Gasteiger partial charge in [-0.2, -0.15) is 5.10 Å². The summed E-state index contributed by atoms with van der Waals surface area (Å²) in [5.41, 5.74) is 3.83. The summed E-state index contributed by atoms with van der Waals surface area (Å²) in [6, 6.07) is 5.80. The molecule has 4 rings (SSSR count). The minimum absolute atomic E-state index is 0.0878. The number of benzene rings is 1. The summed E-state index contributed by atoms with van der Waals surface area (Å²) in [5.74, 6) is 0.241. The van der Waals surface area contributed by atoms with E-state index in [0.717, 1.165) is 27.3 Å². The molecule has 0 bridgehead atoms. The predicted octanol–water partition coefficient (Wildman–Crippen LogP) is 1.48. The van der Waals surface area contributed by atoms with Crippen molar-refractivity contribution in [1.29, 1.82) is 0 Å². The topological polar surface area (TPSA) is 75.3 Å². The van der Waals surface area contributed by atoms with Crippen LogP contribution in [-0.2, 0) is 21.3 Å². The molecule has 1 aromatic carbocycles. The number of ether oxygens (including phenoxy) is 1. The first-order valence-electron chi connectivity index (χ1n) is 7.59. The summed E-state index contributed by atoms with van der Waals surface area (Å²) < 4.78 is 17.9. The largest absolute Gasteiger partial charge is 0.378 e. The smallest absolute Gasteiger partial charge is 0.272 e. The lowest BCUT2D eigenvalue weighted by molar-refractivity contribution is 0.0298. The van der Waals surface area contributed by atoms with Crippen LogP contribution in [0.3, 0.4) is 0 Å². The Morgan fingerprint density at radius 1 is 1.35 bits per heavy atom. The molecule has 1 atom stereocenters.